The van der Waals surface area contributed by atoms with Crippen LogP contribution in [0, 0.1) is 20.8 Å². The lowest BCUT2D eigenvalue weighted by molar-refractivity contribution is 0.448. The lowest BCUT2D eigenvalue weighted by atomic mass is 10.1. The van der Waals surface area contributed by atoms with Gasteiger partial charge in [0.25, 0.3) is 0 Å². The molecule has 4 N–H and O–H groups in total. The topological polar surface area (TPSA) is 111 Å². The Morgan fingerprint density at radius 1 is 1.10 bits per heavy atom. The smallest absolute Gasteiger partial charge is 0.229 e. The van der Waals surface area contributed by atoms with E-state index in [1.807, 2.05) is 39.1 Å². The quantitative estimate of drug-likeness (QED) is 0.481. The van der Waals surface area contributed by atoms with Crippen molar-refractivity contribution in [3.63, 3.8) is 0 Å². The molecule has 0 bridgehead atoms. The maximum Gasteiger partial charge on any atom is 0.229 e. The first kappa shape index (κ1) is 18.5. The SMILES string of the molecule is Cc1ccc(O)c(C)c1Oc1cccc2nc(Nc3cnn(C)c3C)nc(N)c12. The number of hydrogen-bond acceptors (Lipinski definition) is 7. The zero-order valence-electron chi connectivity index (χ0n) is 16.7. The number of nitrogens with zero attached hydrogens (tertiary/aromatic N) is 4. The molecule has 8 nitrogen and oxygen atoms in total. The van der Waals surface area contributed by atoms with Gasteiger partial charge in [0.15, 0.2) is 0 Å². The molecular formula is C21H22N6O2. The summed E-state index contributed by atoms with van der Waals surface area (Å²) in [6, 6.07) is 8.96. The van der Waals surface area contributed by atoms with Crippen molar-refractivity contribution >= 4 is 28.4 Å². The van der Waals surface area contributed by atoms with Crippen molar-refractivity contribution in [2.24, 2.45) is 7.05 Å². The fourth-order valence-electron chi connectivity index (χ4n) is 3.15. The van der Waals surface area contributed by atoms with Crippen LogP contribution in [0.5, 0.6) is 17.2 Å². The maximum atomic E-state index is 10.0. The molecule has 29 heavy (non-hydrogen) atoms. The molecule has 0 saturated heterocycles. The fourth-order valence-corrected chi connectivity index (χ4v) is 3.15. The lowest BCUT2D eigenvalue weighted by Crippen LogP contribution is -2.03. The number of aromatic nitrogens is 4. The van der Waals surface area contributed by atoms with Gasteiger partial charge in [0.1, 0.15) is 23.1 Å². The number of hydrogen-bond donors (Lipinski definition) is 3. The first-order valence-electron chi connectivity index (χ1n) is 9.14. The molecule has 0 spiro atoms. The number of nitrogens with one attached hydrogen (secondary N) is 1. The number of ether oxygens (including phenoxy) is 1. The van der Waals surface area contributed by atoms with Crippen LogP contribution in [0.25, 0.3) is 10.9 Å². The van der Waals surface area contributed by atoms with Gasteiger partial charge in [0, 0.05) is 12.6 Å². The minimum Gasteiger partial charge on any atom is -0.508 e. The van der Waals surface area contributed by atoms with E-state index in [1.165, 1.54) is 0 Å². The first-order valence-corrected chi connectivity index (χ1v) is 9.14. The monoisotopic (exact) mass is 390 g/mol. The molecule has 4 aromatic rings. The van der Waals surface area contributed by atoms with Gasteiger partial charge in [-0.3, -0.25) is 4.68 Å². The van der Waals surface area contributed by atoms with E-state index < -0.39 is 0 Å². The number of benzene rings is 2. The molecule has 2 aromatic carbocycles. The third kappa shape index (κ3) is 3.29. The summed E-state index contributed by atoms with van der Waals surface area (Å²) in [5.41, 5.74) is 10.3. The number of aryl methyl sites for hydroxylation is 2. The maximum absolute atomic E-state index is 10.0. The van der Waals surface area contributed by atoms with Crippen molar-refractivity contribution in [1.82, 2.24) is 19.7 Å². The van der Waals surface area contributed by atoms with Gasteiger partial charge in [-0.1, -0.05) is 12.1 Å². The third-order valence-corrected chi connectivity index (χ3v) is 4.98. The van der Waals surface area contributed by atoms with E-state index >= 15 is 0 Å². The molecule has 0 saturated carbocycles. The molecule has 0 amide bonds. The van der Waals surface area contributed by atoms with Gasteiger partial charge >= 0.3 is 0 Å². The molecule has 2 aromatic heterocycles. The Balaban J connectivity index is 1.76. The summed E-state index contributed by atoms with van der Waals surface area (Å²) in [4.78, 5) is 8.98. The van der Waals surface area contributed by atoms with Crippen molar-refractivity contribution in [2.45, 2.75) is 20.8 Å². The Kier molecular flexibility index (Phi) is 4.46. The minimum absolute atomic E-state index is 0.174. The van der Waals surface area contributed by atoms with Crippen LogP contribution in [0.3, 0.4) is 0 Å². The number of aromatic hydroxyl groups is 1. The van der Waals surface area contributed by atoms with E-state index in [1.54, 1.807) is 29.9 Å². The highest BCUT2D eigenvalue weighted by Crippen LogP contribution is 2.38. The van der Waals surface area contributed by atoms with E-state index in [0.717, 1.165) is 16.9 Å². The van der Waals surface area contributed by atoms with Crippen LogP contribution in [-0.2, 0) is 7.05 Å². The molecule has 148 valence electrons. The summed E-state index contributed by atoms with van der Waals surface area (Å²) in [5, 5.41) is 18.0. The van der Waals surface area contributed by atoms with Crippen molar-refractivity contribution in [2.75, 3.05) is 11.1 Å². The Bertz CT molecular complexity index is 1230. The van der Waals surface area contributed by atoms with Gasteiger partial charge in [-0.15, -0.1) is 0 Å². The molecule has 0 aliphatic heterocycles. The number of nitrogen functional groups attached to an aromatic ring is 1. The van der Waals surface area contributed by atoms with Crippen LogP contribution in [0.2, 0.25) is 0 Å². The van der Waals surface area contributed by atoms with E-state index in [-0.39, 0.29) is 5.75 Å². The van der Waals surface area contributed by atoms with E-state index in [4.69, 9.17) is 10.5 Å². The van der Waals surface area contributed by atoms with Gasteiger partial charge in [-0.2, -0.15) is 10.1 Å². The third-order valence-electron chi connectivity index (χ3n) is 4.98. The summed E-state index contributed by atoms with van der Waals surface area (Å²) >= 11 is 0. The molecule has 0 radical (unpaired) electrons. The molecular weight excluding hydrogens is 368 g/mol. The fraction of sp³-hybridized carbons (Fsp3) is 0.190. The number of anilines is 3. The number of phenolic OH excluding ortho intramolecular Hbond substituents is 1. The van der Waals surface area contributed by atoms with Crippen molar-refractivity contribution in [3.8, 4) is 17.2 Å². The average Bonchev–Trinajstić information content (AvgIpc) is 3.00. The Hall–Kier alpha value is -3.81. The normalized spacial score (nSPS) is 11.0. The molecule has 8 heteroatoms. The summed E-state index contributed by atoms with van der Waals surface area (Å²) in [7, 11) is 1.87. The highest BCUT2D eigenvalue weighted by molar-refractivity contribution is 5.95. The average molecular weight is 390 g/mol. The largest absolute Gasteiger partial charge is 0.508 e. The van der Waals surface area contributed by atoms with E-state index in [9.17, 15) is 5.11 Å². The molecule has 0 aliphatic carbocycles. The van der Waals surface area contributed by atoms with Crippen molar-refractivity contribution in [3.05, 3.63) is 53.3 Å². The zero-order chi connectivity index (χ0) is 20.7. The molecule has 0 unspecified atom stereocenters. The van der Waals surface area contributed by atoms with Gasteiger partial charge in [-0.05, 0) is 44.5 Å². The van der Waals surface area contributed by atoms with Gasteiger partial charge in [0.05, 0.1) is 28.5 Å². The molecule has 4 rings (SSSR count). The van der Waals surface area contributed by atoms with Crippen LogP contribution in [0.1, 0.15) is 16.8 Å². The summed E-state index contributed by atoms with van der Waals surface area (Å²) in [5.74, 6) is 1.97. The molecule has 0 aliphatic rings. The lowest BCUT2D eigenvalue weighted by Gasteiger charge is -2.15. The number of nitrogens with two attached hydrogens (primary N) is 1. The first-order chi connectivity index (χ1) is 13.8. The Morgan fingerprint density at radius 2 is 1.90 bits per heavy atom. The van der Waals surface area contributed by atoms with Gasteiger partial charge in [0.2, 0.25) is 5.95 Å². The summed E-state index contributed by atoms with van der Waals surface area (Å²) < 4.78 is 7.90. The number of rotatable bonds is 4. The molecule has 0 atom stereocenters. The predicted octanol–water partition coefficient (Wildman–Crippen LogP) is 4.11. The number of phenols is 1. The standard InChI is InChI=1S/C21H22N6O2/c1-11-8-9-16(28)12(2)19(11)29-17-7-5-6-14-18(17)20(22)26-21(24-14)25-15-10-23-27(4)13(15)3/h5-10,28H,1-4H3,(H3,22,24,25,26). The van der Waals surface area contributed by atoms with Crippen molar-refractivity contribution < 1.29 is 9.84 Å². The number of fused-ring (bicyclic) bond motifs is 1. The van der Waals surface area contributed by atoms with Crippen molar-refractivity contribution in [1.29, 1.82) is 0 Å². The summed E-state index contributed by atoms with van der Waals surface area (Å²) in [6.45, 7) is 5.68. The van der Waals surface area contributed by atoms with Gasteiger partial charge < -0.3 is 20.9 Å². The van der Waals surface area contributed by atoms with Crippen LogP contribution in [0.15, 0.2) is 36.5 Å². The summed E-state index contributed by atoms with van der Waals surface area (Å²) in [6.07, 6.45) is 1.71. The second-order valence-electron chi connectivity index (χ2n) is 6.93. The molecule has 0 fully saturated rings. The van der Waals surface area contributed by atoms with E-state index in [2.05, 4.69) is 20.4 Å². The zero-order valence-corrected chi connectivity index (χ0v) is 16.7. The Morgan fingerprint density at radius 3 is 2.62 bits per heavy atom. The minimum atomic E-state index is 0.174. The highest BCUT2D eigenvalue weighted by Gasteiger charge is 2.15. The highest BCUT2D eigenvalue weighted by atomic mass is 16.5. The predicted molar refractivity (Wildman–Crippen MR) is 113 cm³/mol. The van der Waals surface area contributed by atoms with Crippen LogP contribution in [-0.4, -0.2) is 24.9 Å². The van der Waals surface area contributed by atoms with E-state index in [0.29, 0.717) is 39.7 Å². The van der Waals surface area contributed by atoms with Crippen LogP contribution < -0.4 is 15.8 Å². The van der Waals surface area contributed by atoms with Gasteiger partial charge in [-0.25, -0.2) is 4.98 Å². The molecule has 2 heterocycles. The second kappa shape index (κ2) is 6.97. The van der Waals surface area contributed by atoms with Crippen LogP contribution >= 0.6 is 0 Å². The Labute approximate surface area is 168 Å². The van der Waals surface area contributed by atoms with Crippen LogP contribution in [0.4, 0.5) is 17.5 Å². The second-order valence-corrected chi connectivity index (χ2v) is 6.93.